The Kier molecular flexibility index (Phi) is 41.6. The van der Waals surface area contributed by atoms with Crippen molar-refractivity contribution in [1.29, 1.82) is 0 Å². The van der Waals surface area contributed by atoms with Crippen LogP contribution in [0.15, 0.2) is 104 Å². The van der Waals surface area contributed by atoms with Gasteiger partial charge >= 0.3 is 0 Å². The molecule has 0 radical (unpaired) electrons. The van der Waals surface area contributed by atoms with Gasteiger partial charge in [0.05, 0.1) is 82.0 Å². The van der Waals surface area contributed by atoms with E-state index in [1.165, 1.54) is 90.6 Å². The maximum absolute atomic E-state index is 13.4. The van der Waals surface area contributed by atoms with Crippen LogP contribution in [0.1, 0.15) is 264 Å². The average molecular weight is 1730 g/mol. The van der Waals surface area contributed by atoms with E-state index in [0.717, 1.165) is 139 Å². The van der Waals surface area contributed by atoms with Gasteiger partial charge in [0.15, 0.2) is 0 Å². The van der Waals surface area contributed by atoms with E-state index in [1.54, 1.807) is 0 Å². The minimum Gasteiger partial charge on any atom is -0.388 e. The van der Waals surface area contributed by atoms with E-state index in [9.17, 15) is 9.50 Å². The molecule has 6 saturated heterocycles. The number of anilines is 6. The zero-order valence-electron chi connectivity index (χ0n) is 84.3. The third-order valence-electron chi connectivity index (χ3n) is 27.8. The predicted octanol–water partition coefficient (Wildman–Crippen LogP) is 18.6. The number of aliphatic hydroxyl groups excluding tert-OH is 1. The molecular formula is C103H175FN18O3. The lowest BCUT2D eigenvalue weighted by atomic mass is 9.80. The molecule has 125 heavy (non-hydrogen) atoms. The van der Waals surface area contributed by atoms with Gasteiger partial charge < -0.3 is 73.4 Å². The molecule has 8 atom stereocenters. The van der Waals surface area contributed by atoms with E-state index < -0.39 is 12.3 Å². The number of methoxy groups -OCH3 is 2. The van der Waals surface area contributed by atoms with Crippen LogP contribution in [0.4, 0.5) is 38.5 Å². The van der Waals surface area contributed by atoms with Crippen molar-refractivity contribution in [1.82, 2.24) is 59.3 Å². The fourth-order valence-corrected chi connectivity index (χ4v) is 18.2. The summed E-state index contributed by atoms with van der Waals surface area (Å²) < 4.78 is 25.2. The van der Waals surface area contributed by atoms with E-state index in [0.29, 0.717) is 72.9 Å². The van der Waals surface area contributed by atoms with Gasteiger partial charge in [-0.1, -0.05) is 83.1 Å². The second-order valence-corrected chi connectivity index (χ2v) is 41.4. The lowest BCUT2D eigenvalue weighted by molar-refractivity contribution is -0.0374. The summed E-state index contributed by atoms with van der Waals surface area (Å²) in [6.07, 6.45) is 20.9. The first-order chi connectivity index (χ1) is 58.9. The maximum atomic E-state index is 13.4. The number of hydrogen-bond acceptors (Lipinski definition) is 21. The Morgan fingerprint density at radius 2 is 0.728 bits per heavy atom. The number of piperidine rings is 6. The number of alkyl halides is 1. The number of nitrogens with zero attached hydrogens (tertiary/aromatic N) is 18. The molecule has 12 heterocycles. The number of ether oxygens (including phenoxy) is 2. The highest BCUT2D eigenvalue weighted by atomic mass is 19.1. The smallest absolute Gasteiger partial charge is 0.129 e. The molecule has 6 aliphatic heterocycles. The summed E-state index contributed by atoms with van der Waals surface area (Å²) in [6.45, 7) is 52.5. The van der Waals surface area contributed by atoms with Crippen molar-refractivity contribution < 1.29 is 19.0 Å². The number of rotatable bonds is 26. The number of aromatic nitrogens is 6. The van der Waals surface area contributed by atoms with Crippen LogP contribution >= 0.6 is 0 Å². The quantitative estimate of drug-likeness (QED) is 0.0547. The van der Waals surface area contributed by atoms with Crippen molar-refractivity contribution >= 4 is 34.1 Å². The molecule has 0 amide bonds. The van der Waals surface area contributed by atoms with E-state index in [4.69, 9.17) is 14.5 Å². The summed E-state index contributed by atoms with van der Waals surface area (Å²) in [4.78, 5) is 55.8. The van der Waals surface area contributed by atoms with Crippen LogP contribution in [0.5, 0.6) is 0 Å². The molecule has 0 aromatic carbocycles. The van der Waals surface area contributed by atoms with Crippen LogP contribution in [0, 0.1) is 17.8 Å². The molecule has 1 N–H and O–H groups in total. The van der Waals surface area contributed by atoms with Crippen molar-refractivity contribution in [2.45, 2.75) is 271 Å². The minimum absolute atomic E-state index is 0.0710. The Morgan fingerprint density at radius 3 is 1.02 bits per heavy atom. The standard InChI is InChI=1S/2C18H31N3.2C17H29N3O.C17H29N3.C16H26FN3O/c2*1-14(2)17-10-9-16(12-19-17)21-11-7-8-15(13-21)18(3,4)20(5)6;2*1-14(2)16-8-7-15(11-18-16)20-10-6-9-17(13-20,21-5)12-19(3)4;1-13(2)17-9-8-16(11-18-17)20-10-6-7-15(12-20)14(3)19(4)5;1-11(2)13-5-6-15(14(18-13)9-19(3)4)20-8-7-12(17)16(21)10-20/h2*9-10,12,14-15H,7-8,11,13H2,1-6H3;2*7-8,11,14H,6,9-10,12-13H2,1-5H3;8-9,11,13-15H,6-7,10,12H2,1-5H3;5-6,11-12,16,21H,7-10H2,1-4H3/t15-;;2*17-;14?,15-;12-,16+/m1.1001/s1. The van der Waals surface area contributed by atoms with Crippen LogP contribution < -0.4 is 29.4 Å². The molecule has 6 fully saturated rings. The van der Waals surface area contributed by atoms with E-state index in [2.05, 4.69) is 357 Å². The van der Waals surface area contributed by atoms with Crippen molar-refractivity contribution in [2.24, 2.45) is 17.8 Å². The van der Waals surface area contributed by atoms with Gasteiger partial charge in [0, 0.05) is 164 Å². The molecule has 702 valence electrons. The van der Waals surface area contributed by atoms with Gasteiger partial charge in [0.1, 0.15) is 12.3 Å². The second kappa shape index (κ2) is 49.3. The summed E-state index contributed by atoms with van der Waals surface area (Å²) in [7, 11) is 29.3. The van der Waals surface area contributed by atoms with Crippen molar-refractivity contribution in [3.8, 4) is 0 Å². The number of aliphatic hydroxyl groups is 1. The third-order valence-corrected chi connectivity index (χ3v) is 27.8. The highest BCUT2D eigenvalue weighted by molar-refractivity contribution is 5.53. The van der Waals surface area contributed by atoms with Gasteiger partial charge in [0.25, 0.3) is 0 Å². The van der Waals surface area contributed by atoms with Gasteiger partial charge in [-0.05, 0) is 316 Å². The maximum Gasteiger partial charge on any atom is 0.129 e. The molecule has 6 aromatic rings. The Bertz CT molecular complexity index is 3840. The van der Waals surface area contributed by atoms with Gasteiger partial charge in [0.2, 0.25) is 0 Å². The zero-order chi connectivity index (χ0) is 92.4. The molecule has 0 aliphatic carbocycles. The normalized spacial score (nSPS) is 21.9. The average Bonchev–Trinajstić information content (AvgIpc) is 0.774. The number of likely N-dealkylation sites (N-methyl/N-ethyl adjacent to an activating group) is 2. The summed E-state index contributed by atoms with van der Waals surface area (Å²) in [5.74, 6) is 5.00. The van der Waals surface area contributed by atoms with Crippen LogP contribution in [0.25, 0.3) is 0 Å². The van der Waals surface area contributed by atoms with Crippen LogP contribution in [-0.2, 0) is 16.0 Å². The Balaban J connectivity index is 0.000000206. The molecule has 12 rings (SSSR count). The first-order valence-electron chi connectivity index (χ1n) is 47.6. The molecule has 0 saturated carbocycles. The molecule has 6 aliphatic rings. The Morgan fingerprint density at radius 1 is 0.400 bits per heavy atom. The number of halogens is 1. The summed E-state index contributed by atoms with van der Waals surface area (Å²) in [5.41, 5.74) is 15.5. The van der Waals surface area contributed by atoms with Gasteiger partial charge in [-0.15, -0.1) is 0 Å². The third kappa shape index (κ3) is 31.3. The highest BCUT2D eigenvalue weighted by Crippen LogP contribution is 2.38. The molecule has 0 spiro atoms. The second-order valence-electron chi connectivity index (χ2n) is 41.4. The first kappa shape index (κ1) is 105. The van der Waals surface area contributed by atoms with E-state index in [-0.39, 0.29) is 22.3 Å². The Hall–Kier alpha value is -6.73. The number of hydrogen-bond donors (Lipinski definition) is 1. The molecule has 22 heteroatoms. The van der Waals surface area contributed by atoms with Crippen molar-refractivity contribution in [2.75, 3.05) is 220 Å². The minimum atomic E-state index is -1.11. The summed E-state index contributed by atoms with van der Waals surface area (Å²) in [6, 6.07) is 26.7. The summed E-state index contributed by atoms with van der Waals surface area (Å²) in [5, 5.41) is 9.78. The molecule has 0 bridgehead atoms. The monoisotopic (exact) mass is 1730 g/mol. The SMILES string of the molecule is CC(C)c1ccc(N2CCCC(C(C)(C)N(C)C)C2)cn1.CC(C)c1ccc(N2CCC[C@@H](C(C)(C)N(C)C)C2)cn1.CC(C)c1ccc(N2CCC[C@H](C(C)N(C)C)C2)cn1.CC(C)c1ccc(N2CC[C@@H](F)[C@@H](O)C2)c(CN(C)C)n1.CO[C@@]1(CN(C)C)CCCN(c2ccc(C(C)C)nc2)C1.CO[C@]1(CN(C)C)CCCN(c2ccc(C(C)C)nc2)C1. The van der Waals surface area contributed by atoms with Gasteiger partial charge in [-0.25, -0.2) is 4.39 Å². The van der Waals surface area contributed by atoms with Crippen LogP contribution in [0.2, 0.25) is 0 Å². The number of pyridine rings is 6. The van der Waals surface area contributed by atoms with E-state index >= 15 is 0 Å². The largest absolute Gasteiger partial charge is 0.388 e. The fraction of sp³-hybridized carbons (Fsp3) is 0.709. The Labute approximate surface area is 760 Å². The predicted molar refractivity (Wildman–Crippen MR) is 528 cm³/mol. The lowest BCUT2D eigenvalue weighted by Gasteiger charge is -2.45. The number of β-amino-alcohol motifs (C(OH)–C–C–N with tert-alkyl or cyclic N) is 1. The topological polar surface area (TPSA) is 155 Å². The first-order valence-corrected chi connectivity index (χ1v) is 47.6. The van der Waals surface area contributed by atoms with Gasteiger partial charge in [-0.3, -0.25) is 29.9 Å². The highest BCUT2D eigenvalue weighted by Gasteiger charge is 2.41. The molecule has 2 unspecified atom stereocenters. The van der Waals surface area contributed by atoms with E-state index in [1.807, 2.05) is 46.8 Å². The van der Waals surface area contributed by atoms with Crippen LogP contribution in [-0.4, -0.2) is 295 Å². The van der Waals surface area contributed by atoms with Gasteiger partial charge in [-0.2, -0.15) is 0 Å². The zero-order valence-corrected chi connectivity index (χ0v) is 84.3. The molecule has 21 nitrogen and oxygen atoms in total. The molecular weight excluding hydrogens is 1560 g/mol. The fourth-order valence-electron chi connectivity index (χ4n) is 18.2. The van der Waals surface area contributed by atoms with Crippen molar-refractivity contribution in [3.63, 3.8) is 0 Å². The lowest BCUT2D eigenvalue weighted by Crippen LogP contribution is -2.54. The van der Waals surface area contributed by atoms with Crippen LogP contribution in [0.3, 0.4) is 0 Å². The molecule has 6 aromatic heterocycles. The summed E-state index contributed by atoms with van der Waals surface area (Å²) >= 11 is 0. The van der Waals surface area contributed by atoms with Crippen molar-refractivity contribution in [3.05, 3.63) is 144 Å².